The van der Waals surface area contributed by atoms with Gasteiger partial charge in [0.2, 0.25) is 10.0 Å². The van der Waals surface area contributed by atoms with Crippen molar-refractivity contribution in [2.75, 3.05) is 56.2 Å². The normalized spacial score (nSPS) is 15.5. The van der Waals surface area contributed by atoms with Gasteiger partial charge >= 0.3 is 0 Å². The van der Waals surface area contributed by atoms with Crippen LogP contribution in [0, 0.1) is 0 Å². The van der Waals surface area contributed by atoms with E-state index in [4.69, 9.17) is 0 Å². The van der Waals surface area contributed by atoms with Crippen molar-refractivity contribution in [3.63, 3.8) is 0 Å². The van der Waals surface area contributed by atoms with Gasteiger partial charge in [0.15, 0.2) is 0 Å². The van der Waals surface area contributed by atoms with E-state index < -0.39 is 10.0 Å². The number of hydrogen-bond acceptors (Lipinski definition) is 5. The molecular formula is C14H22N4O3S. The van der Waals surface area contributed by atoms with E-state index in [1.165, 1.54) is 4.90 Å². The molecule has 1 amide bonds. The van der Waals surface area contributed by atoms with Crippen molar-refractivity contribution >= 4 is 27.3 Å². The summed E-state index contributed by atoms with van der Waals surface area (Å²) in [7, 11) is -0.0924. The Bertz CT molecular complexity index is 652. The van der Waals surface area contributed by atoms with Crippen LogP contribution in [0.1, 0.15) is 10.4 Å². The molecule has 7 nitrogen and oxygen atoms in total. The van der Waals surface area contributed by atoms with E-state index in [1.54, 1.807) is 32.3 Å². The first-order valence-corrected chi connectivity index (χ1v) is 8.96. The Morgan fingerprint density at radius 2 is 1.91 bits per heavy atom. The number of amides is 1. The molecule has 0 radical (unpaired) electrons. The predicted octanol–water partition coefficient (Wildman–Crippen LogP) is 0.170. The molecule has 0 spiro atoms. The van der Waals surface area contributed by atoms with Crippen LogP contribution in [0.5, 0.6) is 0 Å². The highest BCUT2D eigenvalue weighted by Gasteiger charge is 2.18. The number of nitrogens with zero attached hydrogens (tertiary/aromatic N) is 2. The summed E-state index contributed by atoms with van der Waals surface area (Å²) in [6.07, 6.45) is 1.11. The minimum Gasteiger partial charge on any atom is -0.367 e. The summed E-state index contributed by atoms with van der Waals surface area (Å²) in [6, 6.07) is 5.13. The average Bonchev–Trinajstić information content (AvgIpc) is 2.45. The van der Waals surface area contributed by atoms with Gasteiger partial charge in [-0.1, -0.05) is 0 Å². The van der Waals surface area contributed by atoms with Gasteiger partial charge in [0.25, 0.3) is 5.91 Å². The summed E-state index contributed by atoms with van der Waals surface area (Å²) in [5.41, 5.74) is 1.69. The molecule has 2 N–H and O–H groups in total. The number of benzene rings is 1. The van der Waals surface area contributed by atoms with Crippen LogP contribution in [0.4, 0.5) is 11.4 Å². The van der Waals surface area contributed by atoms with Crippen molar-refractivity contribution in [3.8, 4) is 0 Å². The molecule has 0 aromatic heterocycles. The van der Waals surface area contributed by atoms with E-state index in [0.717, 1.165) is 38.1 Å². The minimum absolute atomic E-state index is 0.164. The molecule has 8 heteroatoms. The molecule has 1 saturated heterocycles. The maximum atomic E-state index is 12.1. The van der Waals surface area contributed by atoms with Crippen molar-refractivity contribution < 1.29 is 13.2 Å². The second kappa shape index (κ2) is 6.53. The lowest BCUT2D eigenvalue weighted by Gasteiger charge is -2.31. The summed E-state index contributed by atoms with van der Waals surface area (Å²) in [4.78, 5) is 15.6. The third-order valence-electron chi connectivity index (χ3n) is 3.40. The van der Waals surface area contributed by atoms with Gasteiger partial charge in [-0.15, -0.1) is 0 Å². The predicted molar refractivity (Wildman–Crippen MR) is 88.0 cm³/mol. The summed E-state index contributed by atoms with van der Waals surface area (Å²) < 4.78 is 25.7. The molecule has 0 aliphatic carbocycles. The van der Waals surface area contributed by atoms with Crippen LogP contribution in [-0.2, 0) is 10.0 Å². The Morgan fingerprint density at radius 1 is 1.27 bits per heavy atom. The fourth-order valence-corrected chi connectivity index (χ4v) is 2.95. The maximum absolute atomic E-state index is 12.1. The second-order valence-corrected chi connectivity index (χ2v) is 7.29. The first-order valence-electron chi connectivity index (χ1n) is 7.07. The Labute approximate surface area is 131 Å². The number of nitrogens with one attached hydrogen (secondary N) is 2. The quantitative estimate of drug-likeness (QED) is 0.824. The fourth-order valence-electron chi connectivity index (χ4n) is 2.39. The van der Waals surface area contributed by atoms with E-state index in [1.807, 2.05) is 0 Å². The topological polar surface area (TPSA) is 81.8 Å². The highest BCUT2D eigenvalue weighted by atomic mass is 32.2. The molecule has 0 bridgehead atoms. The first-order chi connectivity index (χ1) is 10.3. The summed E-state index contributed by atoms with van der Waals surface area (Å²) >= 11 is 0. The standard InChI is InChI=1S/C14H22N4O3S/c1-17(2)14(19)11-4-5-13(18-8-6-15-7-9-18)12(10-11)16-22(3,20)21/h4-5,10,15-16H,6-9H2,1-3H3. The Hall–Kier alpha value is -1.80. The van der Waals surface area contributed by atoms with Gasteiger partial charge in [0, 0.05) is 45.8 Å². The SMILES string of the molecule is CN(C)C(=O)c1ccc(N2CCNCC2)c(NS(C)(=O)=O)c1. The number of hydrogen-bond donors (Lipinski definition) is 2. The zero-order valence-electron chi connectivity index (χ0n) is 13.1. The molecular weight excluding hydrogens is 304 g/mol. The van der Waals surface area contributed by atoms with Crippen LogP contribution in [0.3, 0.4) is 0 Å². The number of anilines is 2. The molecule has 1 aliphatic heterocycles. The maximum Gasteiger partial charge on any atom is 0.253 e. The molecule has 1 aromatic rings. The summed E-state index contributed by atoms with van der Waals surface area (Å²) in [5.74, 6) is -0.164. The third kappa shape index (κ3) is 4.11. The Balaban J connectivity index is 2.41. The van der Waals surface area contributed by atoms with Gasteiger partial charge in [-0.2, -0.15) is 0 Å². The second-order valence-electron chi connectivity index (χ2n) is 5.54. The van der Waals surface area contributed by atoms with Crippen molar-refractivity contribution in [2.24, 2.45) is 0 Å². The highest BCUT2D eigenvalue weighted by molar-refractivity contribution is 7.92. The zero-order valence-corrected chi connectivity index (χ0v) is 13.9. The van der Waals surface area contributed by atoms with Gasteiger partial charge in [-0.05, 0) is 18.2 Å². The van der Waals surface area contributed by atoms with Gasteiger partial charge in [0.1, 0.15) is 0 Å². The fraction of sp³-hybridized carbons (Fsp3) is 0.500. The largest absolute Gasteiger partial charge is 0.367 e. The lowest BCUT2D eigenvalue weighted by atomic mass is 10.1. The highest BCUT2D eigenvalue weighted by Crippen LogP contribution is 2.28. The number of carbonyl (C=O) groups excluding carboxylic acids is 1. The van der Waals surface area contributed by atoms with Crippen LogP contribution >= 0.6 is 0 Å². The van der Waals surface area contributed by atoms with E-state index in [2.05, 4.69) is 14.9 Å². The van der Waals surface area contributed by atoms with Gasteiger partial charge in [0.05, 0.1) is 17.6 Å². The van der Waals surface area contributed by atoms with Crippen LogP contribution in [-0.4, -0.2) is 65.8 Å². The van der Waals surface area contributed by atoms with Gasteiger partial charge in [-0.25, -0.2) is 8.42 Å². The minimum atomic E-state index is -3.42. The molecule has 0 atom stereocenters. The zero-order chi connectivity index (χ0) is 16.3. The molecule has 1 aliphatic rings. The molecule has 1 heterocycles. The Morgan fingerprint density at radius 3 is 2.45 bits per heavy atom. The molecule has 2 rings (SSSR count). The van der Waals surface area contributed by atoms with Gasteiger partial charge < -0.3 is 15.1 Å². The number of piperazine rings is 1. The van der Waals surface area contributed by atoms with Crippen LogP contribution < -0.4 is 14.9 Å². The van der Waals surface area contributed by atoms with E-state index in [9.17, 15) is 13.2 Å². The smallest absolute Gasteiger partial charge is 0.253 e. The van der Waals surface area contributed by atoms with Crippen molar-refractivity contribution in [2.45, 2.75) is 0 Å². The number of rotatable bonds is 4. The van der Waals surface area contributed by atoms with Crippen molar-refractivity contribution in [1.29, 1.82) is 0 Å². The number of sulfonamides is 1. The molecule has 0 saturated carbocycles. The summed E-state index contributed by atoms with van der Waals surface area (Å²) in [5, 5.41) is 3.26. The van der Waals surface area contributed by atoms with E-state index in [0.29, 0.717) is 11.3 Å². The Kier molecular flexibility index (Phi) is 4.92. The molecule has 1 fully saturated rings. The van der Waals surface area contributed by atoms with E-state index >= 15 is 0 Å². The van der Waals surface area contributed by atoms with Gasteiger partial charge in [-0.3, -0.25) is 9.52 Å². The summed E-state index contributed by atoms with van der Waals surface area (Å²) in [6.45, 7) is 3.27. The van der Waals surface area contributed by atoms with Crippen molar-refractivity contribution in [3.05, 3.63) is 23.8 Å². The lowest BCUT2D eigenvalue weighted by Crippen LogP contribution is -2.43. The molecule has 1 aromatic carbocycles. The first kappa shape index (κ1) is 16.6. The van der Waals surface area contributed by atoms with Crippen molar-refractivity contribution in [1.82, 2.24) is 10.2 Å². The van der Waals surface area contributed by atoms with Crippen LogP contribution in [0.15, 0.2) is 18.2 Å². The number of carbonyl (C=O) groups is 1. The molecule has 22 heavy (non-hydrogen) atoms. The molecule has 122 valence electrons. The van der Waals surface area contributed by atoms with Crippen LogP contribution in [0.2, 0.25) is 0 Å². The van der Waals surface area contributed by atoms with Crippen LogP contribution in [0.25, 0.3) is 0 Å². The monoisotopic (exact) mass is 326 g/mol. The lowest BCUT2D eigenvalue weighted by molar-refractivity contribution is 0.0827. The van der Waals surface area contributed by atoms with E-state index in [-0.39, 0.29) is 5.91 Å². The average molecular weight is 326 g/mol. The third-order valence-corrected chi connectivity index (χ3v) is 3.99. The molecule has 0 unspecified atom stereocenters.